The highest BCUT2D eigenvalue weighted by Gasteiger charge is 2.26. The van der Waals surface area contributed by atoms with E-state index in [1.807, 2.05) is 33.8 Å². The highest BCUT2D eigenvalue weighted by Crippen LogP contribution is 2.33. The summed E-state index contributed by atoms with van der Waals surface area (Å²) in [5.74, 6) is -0.387. The topological polar surface area (TPSA) is 74.4 Å². The maximum atomic E-state index is 12.1. The Balaban J connectivity index is 0. The highest BCUT2D eigenvalue weighted by molar-refractivity contribution is 5.92. The molecule has 1 aliphatic rings. The fraction of sp³-hybridized carbons (Fsp3) is 0.565. The Bertz CT molecular complexity index is 702. The number of primary amides is 1. The molecule has 31 heavy (non-hydrogen) atoms. The summed E-state index contributed by atoms with van der Waals surface area (Å²) in [6, 6.07) is 1.65. The average molecular weight is 445 g/mol. The highest BCUT2D eigenvalue weighted by atomic mass is 19.3. The Labute approximate surface area is 184 Å². The molecule has 2 N–H and O–H groups in total. The number of halogens is 3. The van der Waals surface area contributed by atoms with Crippen molar-refractivity contribution in [3.05, 3.63) is 29.0 Å². The first-order chi connectivity index (χ1) is 14.6. The van der Waals surface area contributed by atoms with Gasteiger partial charge in [0.2, 0.25) is 5.88 Å². The van der Waals surface area contributed by atoms with E-state index >= 15 is 0 Å². The van der Waals surface area contributed by atoms with Gasteiger partial charge in [0, 0.05) is 5.56 Å². The van der Waals surface area contributed by atoms with E-state index in [4.69, 9.17) is 10.5 Å². The zero-order valence-electron chi connectivity index (χ0n) is 19.3. The molecule has 1 unspecified atom stereocenters. The third-order valence-corrected chi connectivity index (χ3v) is 3.68. The van der Waals surface area contributed by atoms with Gasteiger partial charge in [-0.2, -0.15) is 8.78 Å². The molecule has 0 aromatic carbocycles. The van der Waals surface area contributed by atoms with E-state index in [1.165, 1.54) is 13.8 Å². The van der Waals surface area contributed by atoms with Crippen LogP contribution in [0.5, 0.6) is 5.88 Å². The minimum absolute atomic E-state index is 0.0954. The summed E-state index contributed by atoms with van der Waals surface area (Å²) in [5.41, 5.74) is 8.14. The lowest BCUT2D eigenvalue weighted by Gasteiger charge is -2.27. The van der Waals surface area contributed by atoms with Crippen molar-refractivity contribution in [2.24, 2.45) is 5.73 Å². The average Bonchev–Trinajstić information content (AvgIpc) is 2.73. The van der Waals surface area contributed by atoms with Crippen LogP contribution in [0.3, 0.4) is 0 Å². The van der Waals surface area contributed by atoms with E-state index in [2.05, 4.69) is 22.6 Å². The Morgan fingerprint density at radius 2 is 1.90 bits per heavy atom. The Hall–Kier alpha value is -2.53. The van der Waals surface area contributed by atoms with Gasteiger partial charge in [0.05, 0.1) is 12.8 Å². The number of nitrogens with two attached hydrogens (primary N) is 1. The quantitative estimate of drug-likeness (QED) is 0.583. The second kappa shape index (κ2) is 17.2. The first kappa shape index (κ1) is 30.7. The maximum absolute atomic E-state index is 12.1. The molecule has 0 saturated heterocycles. The van der Waals surface area contributed by atoms with E-state index < -0.39 is 24.8 Å². The predicted molar refractivity (Wildman–Crippen MR) is 119 cm³/mol. The normalized spacial score (nSPS) is 14.6. The molecule has 2 rings (SSSR count). The molecule has 8 heteroatoms. The van der Waals surface area contributed by atoms with Crippen LogP contribution in [0, 0.1) is 12.8 Å². The van der Waals surface area contributed by atoms with E-state index in [9.17, 15) is 18.0 Å². The van der Waals surface area contributed by atoms with Gasteiger partial charge in [0.1, 0.15) is 11.8 Å². The minimum Gasteiger partial charge on any atom is -0.472 e. The molecule has 176 valence electrons. The molecule has 1 amide bonds. The van der Waals surface area contributed by atoms with Crippen LogP contribution >= 0.6 is 0 Å². The van der Waals surface area contributed by atoms with Crippen molar-refractivity contribution in [3.63, 3.8) is 0 Å². The van der Waals surface area contributed by atoms with Crippen LogP contribution in [0.4, 0.5) is 13.2 Å². The molecular weight excluding hydrogens is 409 g/mol. The van der Waals surface area contributed by atoms with Gasteiger partial charge >= 0.3 is 6.61 Å². The molecule has 0 saturated carbocycles. The van der Waals surface area contributed by atoms with E-state index in [1.54, 1.807) is 6.07 Å². The molecule has 1 aromatic rings. The number of terminal acetylenes is 1. The summed E-state index contributed by atoms with van der Waals surface area (Å²) in [7, 11) is 0. The van der Waals surface area contributed by atoms with Gasteiger partial charge < -0.3 is 15.2 Å². The smallest absolute Gasteiger partial charge is 0.345 e. The number of allylic oxidation sites excluding steroid dienone is 2. The lowest BCUT2D eigenvalue weighted by Crippen LogP contribution is -2.30. The third kappa shape index (κ3) is 12.0. The Kier molecular flexibility index (Phi) is 17.0. The lowest BCUT2D eigenvalue weighted by atomic mass is 9.94. The zero-order valence-corrected chi connectivity index (χ0v) is 19.3. The molecular formula is C23H35F3N2O3. The van der Waals surface area contributed by atoms with Crippen molar-refractivity contribution in [1.82, 2.24) is 4.98 Å². The Morgan fingerprint density at radius 1 is 1.35 bits per heavy atom. The van der Waals surface area contributed by atoms with Crippen LogP contribution in [0.1, 0.15) is 76.0 Å². The Morgan fingerprint density at radius 3 is 2.35 bits per heavy atom. The van der Waals surface area contributed by atoms with Crippen molar-refractivity contribution in [3.8, 4) is 18.7 Å². The molecule has 0 bridgehead atoms. The number of aromatic nitrogens is 1. The van der Waals surface area contributed by atoms with Gasteiger partial charge in [-0.15, -0.1) is 12.8 Å². The summed E-state index contributed by atoms with van der Waals surface area (Å²) in [6.45, 7) is 7.89. The predicted octanol–water partition coefficient (Wildman–Crippen LogP) is 5.57. The SMILES string of the molecule is C#C.CC.CC(C)F.CC/C=C(\C)c1cc(C(N)=O)nc2c1CCC(COC(F)F)O2. The fourth-order valence-corrected chi connectivity index (χ4v) is 2.60. The molecule has 1 aliphatic heterocycles. The number of fused-ring (bicyclic) bond motifs is 1. The number of pyridine rings is 1. The summed E-state index contributed by atoms with van der Waals surface area (Å²) >= 11 is 0. The van der Waals surface area contributed by atoms with Gasteiger partial charge in [-0.3, -0.25) is 4.79 Å². The maximum Gasteiger partial charge on any atom is 0.345 e. The van der Waals surface area contributed by atoms with Gasteiger partial charge in [-0.25, -0.2) is 9.37 Å². The van der Waals surface area contributed by atoms with Gasteiger partial charge in [0.15, 0.2) is 0 Å². The molecule has 0 fully saturated rings. The van der Waals surface area contributed by atoms with Crippen molar-refractivity contribution in [1.29, 1.82) is 0 Å². The van der Waals surface area contributed by atoms with Gasteiger partial charge in [-0.05, 0) is 57.2 Å². The molecule has 5 nitrogen and oxygen atoms in total. The number of hydrogen-bond donors (Lipinski definition) is 1. The minimum atomic E-state index is -2.84. The van der Waals surface area contributed by atoms with Crippen molar-refractivity contribution in [2.45, 2.75) is 79.7 Å². The van der Waals surface area contributed by atoms with Crippen LogP contribution < -0.4 is 10.5 Å². The summed E-state index contributed by atoms with van der Waals surface area (Å²) in [4.78, 5) is 15.6. The number of carbonyl (C=O) groups excluding carboxylic acids is 1. The molecule has 1 atom stereocenters. The monoisotopic (exact) mass is 444 g/mol. The van der Waals surface area contributed by atoms with Crippen LogP contribution in [0.2, 0.25) is 0 Å². The standard InChI is InChI=1S/C16H20F2N2O3.C3H7F.C2H6.C2H2/c1-3-4-9(2)12-7-13(14(19)21)20-15-11(12)6-5-10(23-15)8-22-16(17)18;1-3(2)4;2*1-2/h4,7,10,16H,3,5-6,8H2,1-2H3,(H2,19,21);3H,1-2H3;1-2H3;1-2H/b9-4+;;;. The second-order valence-electron chi connectivity index (χ2n) is 6.38. The van der Waals surface area contributed by atoms with Crippen LogP contribution in [-0.4, -0.2) is 36.4 Å². The molecule has 1 aromatic heterocycles. The summed E-state index contributed by atoms with van der Waals surface area (Å²) < 4.78 is 45.2. The lowest BCUT2D eigenvalue weighted by molar-refractivity contribution is -0.146. The molecule has 0 spiro atoms. The van der Waals surface area contributed by atoms with E-state index in [0.717, 1.165) is 23.1 Å². The number of alkyl halides is 3. The first-order valence-electron chi connectivity index (χ1n) is 10.2. The second-order valence-corrected chi connectivity index (χ2v) is 6.38. The van der Waals surface area contributed by atoms with E-state index in [0.29, 0.717) is 12.8 Å². The van der Waals surface area contributed by atoms with Crippen LogP contribution in [0.15, 0.2) is 12.1 Å². The van der Waals surface area contributed by atoms with Crippen molar-refractivity contribution < 1.29 is 27.4 Å². The van der Waals surface area contributed by atoms with Crippen LogP contribution in [0.25, 0.3) is 5.57 Å². The first-order valence-corrected chi connectivity index (χ1v) is 10.2. The van der Waals surface area contributed by atoms with Gasteiger partial charge in [-0.1, -0.05) is 26.8 Å². The van der Waals surface area contributed by atoms with Crippen molar-refractivity contribution >= 4 is 11.5 Å². The number of rotatable bonds is 6. The summed E-state index contributed by atoms with van der Waals surface area (Å²) in [6.07, 6.45) is 10.9. The van der Waals surface area contributed by atoms with Gasteiger partial charge in [0.25, 0.3) is 5.91 Å². The van der Waals surface area contributed by atoms with Crippen LogP contribution in [-0.2, 0) is 11.2 Å². The van der Waals surface area contributed by atoms with E-state index in [-0.39, 0.29) is 18.2 Å². The number of nitrogens with zero attached hydrogens (tertiary/aromatic N) is 1. The number of amides is 1. The fourth-order valence-electron chi connectivity index (χ4n) is 2.60. The summed E-state index contributed by atoms with van der Waals surface area (Å²) in [5, 5.41) is 0. The number of hydrogen-bond acceptors (Lipinski definition) is 4. The molecule has 0 aliphatic carbocycles. The van der Waals surface area contributed by atoms with Crippen molar-refractivity contribution in [2.75, 3.05) is 6.61 Å². The number of carbonyl (C=O) groups is 1. The molecule has 0 radical (unpaired) electrons. The molecule has 2 heterocycles. The largest absolute Gasteiger partial charge is 0.472 e. The third-order valence-electron chi connectivity index (χ3n) is 3.68. The zero-order chi connectivity index (χ0) is 24.6. The number of ether oxygens (including phenoxy) is 2.